The molecule has 0 bridgehead atoms. The number of carbonyl (C=O) groups is 1. The van der Waals surface area contributed by atoms with E-state index in [0.29, 0.717) is 0 Å². The first-order valence-electron chi connectivity index (χ1n) is 6.59. The molecule has 1 N–H and O–H groups in total. The van der Waals surface area contributed by atoms with Gasteiger partial charge >= 0.3 is 0 Å². The van der Waals surface area contributed by atoms with Crippen molar-refractivity contribution in [3.8, 4) is 0 Å². The molecule has 1 fully saturated rings. The first-order valence-corrected chi connectivity index (χ1v) is 6.59. The summed E-state index contributed by atoms with van der Waals surface area (Å²) in [6, 6.07) is 3.34. The molecule has 1 aliphatic rings. The second-order valence-corrected chi connectivity index (χ2v) is 4.85. The Hall–Kier alpha value is -1.65. The van der Waals surface area contributed by atoms with E-state index in [1.165, 1.54) is 12.1 Å². The number of hydrogen-bond acceptors (Lipinski definition) is 2. The molecule has 19 heavy (non-hydrogen) atoms. The minimum absolute atomic E-state index is 0.0258. The third kappa shape index (κ3) is 3.22. The van der Waals surface area contributed by atoms with Gasteiger partial charge in [0, 0.05) is 13.1 Å². The molecule has 3 nitrogen and oxygen atoms in total. The third-order valence-electron chi connectivity index (χ3n) is 3.36. The van der Waals surface area contributed by atoms with Crippen molar-refractivity contribution in [3.05, 3.63) is 29.8 Å². The van der Waals surface area contributed by atoms with Gasteiger partial charge in [-0.15, -0.1) is 0 Å². The van der Waals surface area contributed by atoms with Crippen LogP contribution in [0.2, 0.25) is 0 Å². The summed E-state index contributed by atoms with van der Waals surface area (Å²) >= 11 is 0. The predicted molar refractivity (Wildman–Crippen MR) is 69.9 cm³/mol. The molecular weight excluding hydrogens is 250 g/mol. The number of carbonyl (C=O) groups excluding carboxylic acids is 1. The number of rotatable bonds is 3. The van der Waals surface area contributed by atoms with Gasteiger partial charge in [-0.1, -0.05) is 6.07 Å². The van der Waals surface area contributed by atoms with Crippen LogP contribution >= 0.6 is 0 Å². The van der Waals surface area contributed by atoms with Crippen LogP contribution in [0, 0.1) is 11.6 Å². The second-order valence-electron chi connectivity index (χ2n) is 4.85. The average Bonchev–Trinajstić information content (AvgIpc) is 2.44. The maximum atomic E-state index is 13.5. The van der Waals surface area contributed by atoms with Crippen LogP contribution in [0.4, 0.5) is 14.5 Å². The van der Waals surface area contributed by atoms with E-state index < -0.39 is 17.7 Å². The van der Waals surface area contributed by atoms with E-state index >= 15 is 0 Å². The fraction of sp³-hybridized carbons (Fsp3) is 0.500. The Morgan fingerprint density at radius 2 is 1.95 bits per heavy atom. The maximum absolute atomic E-state index is 13.5. The molecule has 1 amide bonds. The Bertz CT molecular complexity index is 459. The molecule has 1 aromatic carbocycles. The van der Waals surface area contributed by atoms with Crippen LogP contribution < -0.4 is 5.32 Å². The molecule has 104 valence electrons. The fourth-order valence-electron chi connectivity index (χ4n) is 2.30. The molecule has 0 aliphatic carbocycles. The van der Waals surface area contributed by atoms with E-state index in [-0.39, 0.29) is 11.6 Å². The summed E-state index contributed by atoms with van der Waals surface area (Å²) in [7, 11) is 0. The summed E-state index contributed by atoms with van der Waals surface area (Å²) < 4.78 is 26.6. The monoisotopic (exact) mass is 268 g/mol. The molecule has 1 heterocycles. The molecule has 0 radical (unpaired) electrons. The van der Waals surface area contributed by atoms with Gasteiger partial charge in [0.25, 0.3) is 0 Å². The zero-order valence-corrected chi connectivity index (χ0v) is 11.0. The lowest BCUT2D eigenvalue weighted by Crippen LogP contribution is -2.44. The number of piperidine rings is 1. The van der Waals surface area contributed by atoms with Gasteiger partial charge in [-0.2, -0.15) is 0 Å². The predicted octanol–water partition coefficient (Wildman–Crippen LogP) is 2.78. The van der Waals surface area contributed by atoms with Crippen LogP contribution in [0.5, 0.6) is 0 Å². The first kappa shape index (κ1) is 13.8. The minimum atomic E-state index is -0.944. The highest BCUT2D eigenvalue weighted by Gasteiger charge is 2.23. The summed E-state index contributed by atoms with van der Waals surface area (Å²) in [4.78, 5) is 13.9. The Morgan fingerprint density at radius 3 is 2.63 bits per heavy atom. The van der Waals surface area contributed by atoms with Crippen molar-refractivity contribution >= 4 is 11.6 Å². The quantitative estimate of drug-likeness (QED) is 0.914. The van der Waals surface area contributed by atoms with Crippen molar-refractivity contribution in [2.75, 3.05) is 18.4 Å². The Labute approximate surface area is 111 Å². The zero-order valence-electron chi connectivity index (χ0n) is 11.0. The number of likely N-dealkylation sites (tertiary alicyclic amines) is 1. The topological polar surface area (TPSA) is 32.3 Å². The number of hydrogen-bond donors (Lipinski definition) is 1. The highest BCUT2D eigenvalue weighted by molar-refractivity contribution is 5.84. The smallest absolute Gasteiger partial charge is 0.244 e. The van der Waals surface area contributed by atoms with Crippen LogP contribution in [0.3, 0.4) is 0 Å². The minimum Gasteiger partial charge on any atom is -0.371 e. The highest BCUT2D eigenvalue weighted by atomic mass is 19.2. The Balaban J connectivity index is 2.01. The van der Waals surface area contributed by atoms with Gasteiger partial charge in [0.2, 0.25) is 5.91 Å². The van der Waals surface area contributed by atoms with Crippen LogP contribution in [0.15, 0.2) is 18.2 Å². The van der Waals surface area contributed by atoms with Crippen molar-refractivity contribution in [3.63, 3.8) is 0 Å². The van der Waals surface area contributed by atoms with Crippen molar-refractivity contribution < 1.29 is 13.6 Å². The molecule has 1 saturated heterocycles. The summed E-state index contributed by atoms with van der Waals surface area (Å²) in [5.74, 6) is -1.92. The molecule has 0 spiro atoms. The van der Waals surface area contributed by atoms with Crippen LogP contribution in [0.1, 0.15) is 26.2 Å². The van der Waals surface area contributed by atoms with Crippen LogP contribution in [-0.4, -0.2) is 29.9 Å². The highest BCUT2D eigenvalue weighted by Crippen LogP contribution is 2.18. The number of nitrogens with one attached hydrogen (secondary N) is 1. The number of halogens is 2. The number of amides is 1. The van der Waals surface area contributed by atoms with Gasteiger partial charge in [0.05, 0.1) is 5.69 Å². The Kier molecular flexibility index (Phi) is 4.35. The molecule has 1 atom stereocenters. The van der Waals surface area contributed by atoms with E-state index in [0.717, 1.165) is 38.4 Å². The third-order valence-corrected chi connectivity index (χ3v) is 3.36. The first-order chi connectivity index (χ1) is 9.09. The molecule has 5 heteroatoms. The molecule has 1 aliphatic heterocycles. The number of nitrogens with zero attached hydrogens (tertiary/aromatic N) is 1. The molecule has 2 rings (SSSR count). The molecule has 1 unspecified atom stereocenters. The maximum Gasteiger partial charge on any atom is 0.244 e. The number of benzene rings is 1. The van der Waals surface area contributed by atoms with Gasteiger partial charge in [-0.05, 0) is 38.3 Å². The lowest BCUT2D eigenvalue weighted by Gasteiger charge is -2.29. The molecule has 0 saturated carbocycles. The van der Waals surface area contributed by atoms with E-state index in [1.807, 2.05) is 0 Å². The van der Waals surface area contributed by atoms with Crippen molar-refractivity contribution in [2.24, 2.45) is 0 Å². The fourth-order valence-corrected chi connectivity index (χ4v) is 2.30. The Morgan fingerprint density at radius 1 is 1.26 bits per heavy atom. The summed E-state index contributed by atoms with van der Waals surface area (Å²) in [5, 5.41) is 2.74. The van der Waals surface area contributed by atoms with E-state index in [2.05, 4.69) is 5.32 Å². The van der Waals surface area contributed by atoms with Crippen molar-refractivity contribution in [1.29, 1.82) is 0 Å². The van der Waals surface area contributed by atoms with Crippen LogP contribution in [0.25, 0.3) is 0 Å². The van der Waals surface area contributed by atoms with Crippen molar-refractivity contribution in [1.82, 2.24) is 4.90 Å². The van der Waals surface area contributed by atoms with Crippen LogP contribution in [-0.2, 0) is 4.79 Å². The molecule has 1 aromatic rings. The lowest BCUT2D eigenvalue weighted by molar-refractivity contribution is -0.132. The summed E-state index contributed by atoms with van der Waals surface area (Å²) in [5.41, 5.74) is 0.0258. The SMILES string of the molecule is CC(Nc1cccc(F)c1F)C(=O)N1CCCCC1. The van der Waals surface area contributed by atoms with Gasteiger partial charge in [-0.3, -0.25) is 4.79 Å². The summed E-state index contributed by atoms with van der Waals surface area (Å²) in [6.45, 7) is 3.16. The van der Waals surface area contributed by atoms with Crippen molar-refractivity contribution in [2.45, 2.75) is 32.2 Å². The van der Waals surface area contributed by atoms with E-state index in [4.69, 9.17) is 0 Å². The standard InChI is InChI=1S/C14H18F2N2O/c1-10(14(19)18-8-3-2-4-9-18)17-12-7-5-6-11(15)13(12)16/h5-7,10,17H,2-4,8-9H2,1H3. The lowest BCUT2D eigenvalue weighted by atomic mass is 10.1. The van der Waals surface area contributed by atoms with Gasteiger partial charge in [0.15, 0.2) is 11.6 Å². The van der Waals surface area contributed by atoms with Gasteiger partial charge in [-0.25, -0.2) is 8.78 Å². The molecule has 0 aromatic heterocycles. The molecular formula is C14H18F2N2O. The number of anilines is 1. The van der Waals surface area contributed by atoms with E-state index in [9.17, 15) is 13.6 Å². The van der Waals surface area contributed by atoms with Gasteiger partial charge in [0.1, 0.15) is 6.04 Å². The zero-order chi connectivity index (χ0) is 13.8. The normalized spacial score (nSPS) is 17.1. The van der Waals surface area contributed by atoms with E-state index in [1.54, 1.807) is 11.8 Å². The second kappa shape index (κ2) is 5.99. The summed E-state index contributed by atoms with van der Waals surface area (Å²) in [6.07, 6.45) is 3.16. The van der Waals surface area contributed by atoms with Gasteiger partial charge < -0.3 is 10.2 Å². The largest absolute Gasteiger partial charge is 0.371 e. The average molecular weight is 268 g/mol.